The standard InChI is InChI=1S/C19H21ClN2O4S/c1-2-25-18(24)19(27-15-8-4-3-7-14(15)20)11-5-6-13(19)12-26-17-10-9-16(23)21-22-17/h3-4,7-10,13H,2,5-6,11-12H2,1H3,(H,21,23). The van der Waals surface area contributed by atoms with E-state index in [1.807, 2.05) is 24.3 Å². The first kappa shape index (κ1) is 19.8. The molecule has 1 saturated carbocycles. The van der Waals surface area contributed by atoms with Gasteiger partial charge in [-0.2, -0.15) is 0 Å². The summed E-state index contributed by atoms with van der Waals surface area (Å²) < 4.78 is 10.4. The molecule has 1 fully saturated rings. The Bertz CT molecular complexity index is 839. The van der Waals surface area contributed by atoms with Crippen molar-refractivity contribution in [1.82, 2.24) is 10.2 Å². The zero-order valence-electron chi connectivity index (χ0n) is 14.9. The lowest BCUT2D eigenvalue weighted by Crippen LogP contribution is -2.43. The zero-order valence-corrected chi connectivity index (χ0v) is 16.5. The molecule has 1 heterocycles. The van der Waals surface area contributed by atoms with E-state index in [1.165, 1.54) is 23.9 Å². The Kier molecular flexibility index (Phi) is 6.44. The molecule has 0 saturated heterocycles. The molecule has 1 aromatic heterocycles. The van der Waals surface area contributed by atoms with Gasteiger partial charge in [-0.25, -0.2) is 5.10 Å². The van der Waals surface area contributed by atoms with Crippen LogP contribution in [0.15, 0.2) is 46.1 Å². The summed E-state index contributed by atoms with van der Waals surface area (Å²) in [7, 11) is 0. The highest BCUT2D eigenvalue weighted by molar-refractivity contribution is 8.01. The lowest BCUT2D eigenvalue weighted by Gasteiger charge is -2.32. The summed E-state index contributed by atoms with van der Waals surface area (Å²) in [5, 5.41) is 6.82. The van der Waals surface area contributed by atoms with Crippen LogP contribution in [-0.2, 0) is 9.53 Å². The van der Waals surface area contributed by atoms with Crippen molar-refractivity contribution in [3.05, 3.63) is 51.8 Å². The monoisotopic (exact) mass is 408 g/mol. The summed E-state index contributed by atoms with van der Waals surface area (Å²) in [5.74, 6) is 0.0176. The minimum atomic E-state index is -0.761. The van der Waals surface area contributed by atoms with Crippen LogP contribution in [0, 0.1) is 5.92 Å². The maximum absolute atomic E-state index is 12.9. The van der Waals surface area contributed by atoms with Gasteiger partial charge in [-0.1, -0.05) is 30.2 Å². The van der Waals surface area contributed by atoms with E-state index in [0.29, 0.717) is 30.5 Å². The smallest absolute Gasteiger partial charge is 0.322 e. The van der Waals surface area contributed by atoms with Gasteiger partial charge in [0.2, 0.25) is 5.88 Å². The van der Waals surface area contributed by atoms with Crippen LogP contribution in [0.2, 0.25) is 5.02 Å². The number of hydrogen-bond donors (Lipinski definition) is 1. The molecule has 27 heavy (non-hydrogen) atoms. The SMILES string of the molecule is CCOC(=O)C1(Sc2ccccc2Cl)CCCC1COc1ccc(=O)[nH]n1. The van der Waals surface area contributed by atoms with E-state index in [2.05, 4.69) is 10.2 Å². The van der Waals surface area contributed by atoms with Crippen LogP contribution in [0.1, 0.15) is 26.2 Å². The molecule has 0 bridgehead atoms. The van der Waals surface area contributed by atoms with E-state index in [1.54, 1.807) is 6.92 Å². The highest BCUT2D eigenvalue weighted by Gasteiger charge is 2.51. The number of carbonyl (C=O) groups excluding carboxylic acids is 1. The Labute approximate surface area is 166 Å². The summed E-state index contributed by atoms with van der Waals surface area (Å²) in [6, 6.07) is 10.4. The van der Waals surface area contributed by atoms with Crippen LogP contribution < -0.4 is 10.3 Å². The number of hydrogen-bond acceptors (Lipinski definition) is 6. The Morgan fingerprint density at radius 2 is 2.19 bits per heavy atom. The third kappa shape index (κ3) is 4.47. The number of halogens is 1. The molecule has 3 rings (SSSR count). The molecule has 144 valence electrons. The number of esters is 1. The molecule has 1 N–H and O–H groups in total. The van der Waals surface area contributed by atoms with E-state index < -0.39 is 4.75 Å². The number of carbonyl (C=O) groups is 1. The van der Waals surface area contributed by atoms with Crippen LogP contribution in [0.25, 0.3) is 0 Å². The molecule has 0 aliphatic heterocycles. The second kappa shape index (κ2) is 8.80. The second-order valence-corrected chi connectivity index (χ2v) is 8.08. The van der Waals surface area contributed by atoms with Crippen molar-refractivity contribution in [1.29, 1.82) is 0 Å². The molecule has 2 atom stereocenters. The number of benzene rings is 1. The number of aromatic amines is 1. The van der Waals surface area contributed by atoms with E-state index in [0.717, 1.165) is 17.7 Å². The van der Waals surface area contributed by atoms with Crippen LogP contribution in [-0.4, -0.2) is 34.1 Å². The lowest BCUT2D eigenvalue weighted by molar-refractivity contribution is -0.147. The molecule has 2 unspecified atom stereocenters. The van der Waals surface area contributed by atoms with Gasteiger partial charge in [0.1, 0.15) is 4.75 Å². The van der Waals surface area contributed by atoms with Crippen molar-refractivity contribution in [3.63, 3.8) is 0 Å². The first-order valence-corrected chi connectivity index (χ1v) is 10.0. The second-order valence-electron chi connectivity index (χ2n) is 6.30. The Morgan fingerprint density at radius 3 is 2.89 bits per heavy atom. The van der Waals surface area contributed by atoms with Crippen molar-refractivity contribution >= 4 is 29.3 Å². The average Bonchev–Trinajstić information content (AvgIpc) is 3.07. The van der Waals surface area contributed by atoms with Gasteiger partial charge in [-0.3, -0.25) is 9.59 Å². The fourth-order valence-corrected chi connectivity index (χ4v) is 4.98. The molecule has 2 aromatic rings. The van der Waals surface area contributed by atoms with Crippen molar-refractivity contribution in [2.24, 2.45) is 5.92 Å². The Hall–Kier alpha value is -1.99. The van der Waals surface area contributed by atoms with E-state index >= 15 is 0 Å². The summed E-state index contributed by atoms with van der Waals surface area (Å²) in [6.07, 6.45) is 2.41. The topological polar surface area (TPSA) is 81.3 Å². The summed E-state index contributed by atoms with van der Waals surface area (Å²) in [6.45, 7) is 2.42. The highest BCUT2D eigenvalue weighted by atomic mass is 35.5. The van der Waals surface area contributed by atoms with Gasteiger partial charge < -0.3 is 9.47 Å². The molecule has 0 spiro atoms. The molecule has 6 nitrogen and oxygen atoms in total. The number of ether oxygens (including phenoxy) is 2. The molecule has 0 radical (unpaired) electrons. The largest absolute Gasteiger partial charge is 0.476 e. The number of rotatable bonds is 7. The molecular formula is C19H21ClN2O4S. The number of nitrogens with zero attached hydrogens (tertiary/aromatic N) is 1. The fraction of sp³-hybridized carbons (Fsp3) is 0.421. The van der Waals surface area contributed by atoms with E-state index in [9.17, 15) is 9.59 Å². The van der Waals surface area contributed by atoms with E-state index in [4.69, 9.17) is 21.1 Å². The quantitative estimate of drug-likeness (QED) is 0.703. The molecule has 1 aromatic carbocycles. The maximum atomic E-state index is 12.9. The van der Waals surface area contributed by atoms with Crippen molar-refractivity contribution in [2.45, 2.75) is 35.8 Å². The van der Waals surface area contributed by atoms with Crippen LogP contribution in [0.3, 0.4) is 0 Å². The third-order valence-electron chi connectivity index (χ3n) is 4.60. The number of nitrogens with one attached hydrogen (secondary N) is 1. The molecule has 1 aliphatic carbocycles. The van der Waals surface area contributed by atoms with Gasteiger partial charge in [0, 0.05) is 22.9 Å². The van der Waals surface area contributed by atoms with E-state index in [-0.39, 0.29) is 17.4 Å². The van der Waals surface area contributed by atoms with Crippen molar-refractivity contribution < 1.29 is 14.3 Å². The highest BCUT2D eigenvalue weighted by Crippen LogP contribution is 2.51. The van der Waals surface area contributed by atoms with Gasteiger partial charge in [0.15, 0.2) is 0 Å². The average molecular weight is 409 g/mol. The third-order valence-corrected chi connectivity index (χ3v) is 6.68. The number of H-pyrrole nitrogens is 1. The molecule has 0 amide bonds. The predicted molar refractivity (Wildman–Crippen MR) is 104 cm³/mol. The van der Waals surface area contributed by atoms with Crippen LogP contribution in [0.5, 0.6) is 5.88 Å². The summed E-state index contributed by atoms with van der Waals surface area (Å²) in [4.78, 5) is 24.9. The fourth-order valence-electron chi connectivity index (χ4n) is 3.29. The van der Waals surface area contributed by atoms with Crippen molar-refractivity contribution in [2.75, 3.05) is 13.2 Å². The zero-order chi connectivity index (χ0) is 19.3. The first-order chi connectivity index (χ1) is 13.0. The minimum absolute atomic E-state index is 0.0634. The normalized spacial score (nSPS) is 21.8. The van der Waals surface area contributed by atoms with Gasteiger partial charge in [0.05, 0.1) is 18.2 Å². The van der Waals surface area contributed by atoms with Gasteiger partial charge in [0.25, 0.3) is 5.56 Å². The molecular weight excluding hydrogens is 388 g/mol. The van der Waals surface area contributed by atoms with Crippen LogP contribution in [0.4, 0.5) is 0 Å². The van der Waals surface area contributed by atoms with Crippen molar-refractivity contribution in [3.8, 4) is 5.88 Å². The molecule has 1 aliphatic rings. The predicted octanol–water partition coefficient (Wildman–Crippen LogP) is 3.70. The lowest BCUT2D eigenvalue weighted by atomic mass is 9.96. The van der Waals surface area contributed by atoms with Crippen LogP contribution >= 0.6 is 23.4 Å². The molecule has 8 heteroatoms. The maximum Gasteiger partial charge on any atom is 0.322 e. The Morgan fingerprint density at radius 1 is 1.37 bits per heavy atom. The summed E-state index contributed by atoms with van der Waals surface area (Å²) in [5.41, 5.74) is -0.293. The summed E-state index contributed by atoms with van der Waals surface area (Å²) >= 11 is 7.79. The Balaban J connectivity index is 1.83. The van der Waals surface area contributed by atoms with Gasteiger partial charge in [-0.05, 0) is 31.9 Å². The minimum Gasteiger partial charge on any atom is -0.476 e. The van der Waals surface area contributed by atoms with Gasteiger partial charge in [-0.15, -0.1) is 16.9 Å². The number of aromatic nitrogens is 2. The first-order valence-electron chi connectivity index (χ1n) is 8.84. The van der Waals surface area contributed by atoms with Gasteiger partial charge >= 0.3 is 5.97 Å². The number of thioether (sulfide) groups is 1.